The van der Waals surface area contributed by atoms with Crippen molar-refractivity contribution in [3.8, 4) is 0 Å². The van der Waals surface area contributed by atoms with Gasteiger partial charge in [-0.05, 0) is 19.4 Å². The summed E-state index contributed by atoms with van der Waals surface area (Å²) < 4.78 is 3.81. The maximum absolute atomic E-state index is 9.11. The van der Waals surface area contributed by atoms with Crippen molar-refractivity contribution in [3.63, 3.8) is 0 Å². The average Bonchev–Trinajstić information content (AvgIpc) is 1.99. The Hall–Kier alpha value is -0.480. The lowest BCUT2D eigenvalue weighted by molar-refractivity contribution is 0.440. The molecule has 58 valence electrons. The fourth-order valence-electron chi connectivity index (χ4n) is 0.523. The lowest BCUT2D eigenvalue weighted by atomic mass is 10.2. The Morgan fingerprint density at radius 3 is 2.70 bits per heavy atom. The molecule has 0 bridgehead atoms. The third kappa shape index (κ3) is 2.89. The van der Waals surface area contributed by atoms with Gasteiger partial charge >= 0.3 is 0 Å². The molecule has 0 rings (SSSR count). The van der Waals surface area contributed by atoms with Crippen molar-refractivity contribution in [2.45, 2.75) is 20.3 Å². The molecule has 3 N–H and O–H groups in total. The van der Waals surface area contributed by atoms with Crippen molar-refractivity contribution in [1.82, 2.24) is 0 Å². The lowest BCUT2D eigenvalue weighted by Crippen LogP contribution is -1.99. The van der Waals surface area contributed by atoms with E-state index in [1.165, 1.54) is 0 Å². The van der Waals surface area contributed by atoms with Crippen LogP contribution in [0.1, 0.15) is 20.3 Å². The summed E-state index contributed by atoms with van der Waals surface area (Å²) in [6.45, 7) is 3.66. The normalized spacial score (nSPS) is 13.9. The quantitative estimate of drug-likeness (QED) is 0.376. The second-order valence-electron chi connectivity index (χ2n) is 1.67. The average molecular weight is 160 g/mol. The minimum Gasteiger partial charge on any atom is -0.506 e. The highest BCUT2D eigenvalue weighted by molar-refractivity contribution is 7.95. The molecule has 0 aromatic rings. The molecule has 0 aliphatic heterocycles. The van der Waals surface area contributed by atoms with Gasteiger partial charge in [0.25, 0.3) is 0 Å². The molecule has 0 saturated heterocycles. The highest BCUT2D eigenvalue weighted by atomic mass is 32.2. The molecule has 10 heavy (non-hydrogen) atoms. The highest BCUT2D eigenvalue weighted by Crippen LogP contribution is 2.02. The number of nitrogens with zero attached hydrogens (tertiary/aromatic N) is 1. The number of hydrogen-bond donors (Lipinski definition) is 2. The van der Waals surface area contributed by atoms with E-state index in [4.69, 9.17) is 10.2 Å². The first kappa shape index (κ1) is 9.52. The Morgan fingerprint density at radius 1 is 1.80 bits per heavy atom. The van der Waals surface area contributed by atoms with E-state index in [-0.39, 0.29) is 5.76 Å². The lowest BCUT2D eigenvalue weighted by Gasteiger charge is -1.98. The smallest absolute Gasteiger partial charge is 0.133 e. The van der Waals surface area contributed by atoms with Crippen molar-refractivity contribution >= 4 is 17.8 Å². The van der Waals surface area contributed by atoms with Crippen LogP contribution in [0.5, 0.6) is 0 Å². The molecular formula is C6H12N2OS. The van der Waals surface area contributed by atoms with E-state index >= 15 is 0 Å². The molecule has 0 unspecified atom stereocenters. The van der Waals surface area contributed by atoms with Crippen molar-refractivity contribution < 1.29 is 5.11 Å². The Labute approximate surface area is 65.3 Å². The molecule has 0 fully saturated rings. The first-order valence-corrected chi connectivity index (χ1v) is 3.88. The van der Waals surface area contributed by atoms with Crippen LogP contribution in [0.4, 0.5) is 0 Å². The molecule has 0 amide bonds. The summed E-state index contributed by atoms with van der Waals surface area (Å²) in [6.07, 6.45) is 2.29. The summed E-state index contributed by atoms with van der Waals surface area (Å²) in [5.74, 6) is 0.209. The van der Waals surface area contributed by atoms with Crippen LogP contribution in [0.15, 0.2) is 16.2 Å². The Bertz CT molecular complexity index is 154. The van der Waals surface area contributed by atoms with Gasteiger partial charge in [0.15, 0.2) is 0 Å². The van der Waals surface area contributed by atoms with Crippen LogP contribution in [0, 0.1) is 0 Å². The summed E-state index contributed by atoms with van der Waals surface area (Å²) >= 11 is 0.865. The molecule has 0 spiro atoms. The predicted octanol–water partition coefficient (Wildman–Crippen LogP) is 1.82. The van der Waals surface area contributed by atoms with Crippen molar-refractivity contribution in [1.29, 1.82) is 0 Å². The van der Waals surface area contributed by atoms with E-state index in [0.717, 1.165) is 12.1 Å². The van der Waals surface area contributed by atoms with Crippen molar-refractivity contribution in [2.24, 2.45) is 9.54 Å². The van der Waals surface area contributed by atoms with E-state index in [2.05, 4.69) is 4.40 Å². The summed E-state index contributed by atoms with van der Waals surface area (Å²) in [5.41, 5.74) is 0.634. The van der Waals surface area contributed by atoms with Gasteiger partial charge in [0.05, 0.1) is 17.8 Å². The number of nitrogens with two attached hydrogens (primary N) is 1. The molecule has 0 atom stereocenters. The summed E-state index contributed by atoms with van der Waals surface area (Å²) in [4.78, 5) is 0. The van der Waals surface area contributed by atoms with Gasteiger partial charge in [0.1, 0.15) is 5.76 Å². The Kier molecular flexibility index (Phi) is 5.06. The third-order valence-corrected chi connectivity index (χ3v) is 1.39. The molecule has 0 aliphatic rings. The second kappa shape index (κ2) is 5.32. The van der Waals surface area contributed by atoms with Crippen LogP contribution in [-0.4, -0.2) is 10.8 Å². The maximum atomic E-state index is 9.11. The van der Waals surface area contributed by atoms with Gasteiger partial charge in [-0.2, -0.15) is 0 Å². The molecule has 0 radical (unpaired) electrons. The molecular weight excluding hydrogens is 148 g/mol. The number of hydrogen-bond acceptors (Lipinski definition) is 4. The van der Waals surface area contributed by atoms with Crippen LogP contribution in [0.3, 0.4) is 0 Å². The zero-order valence-corrected chi connectivity index (χ0v) is 6.98. The van der Waals surface area contributed by atoms with Crippen molar-refractivity contribution in [3.05, 3.63) is 11.8 Å². The van der Waals surface area contributed by atoms with E-state index in [9.17, 15) is 0 Å². The first-order chi connectivity index (χ1) is 4.76. The third-order valence-electron chi connectivity index (χ3n) is 1.07. The standard InChI is InChI=1S/C6H12N2OS/c1-3-5(8-10-7)6(9)4-2/h4,9H,3,7H2,1-2H3/b6-4+,8-5?. The minimum atomic E-state index is 0.209. The second-order valence-corrected chi connectivity index (χ2v) is 2.06. The number of rotatable bonds is 3. The topological polar surface area (TPSA) is 58.6 Å². The van der Waals surface area contributed by atoms with E-state index in [1.807, 2.05) is 6.92 Å². The van der Waals surface area contributed by atoms with Crippen LogP contribution in [-0.2, 0) is 0 Å². The maximum Gasteiger partial charge on any atom is 0.133 e. The number of aliphatic hydroxyl groups is 1. The van der Waals surface area contributed by atoms with Gasteiger partial charge in [-0.3, -0.25) is 5.14 Å². The van der Waals surface area contributed by atoms with Gasteiger partial charge in [-0.25, -0.2) is 4.40 Å². The first-order valence-electron chi connectivity index (χ1n) is 3.04. The molecule has 0 saturated carbocycles. The SMILES string of the molecule is C/C=C(/O)C(CC)=NSN. The molecule has 4 heteroatoms. The summed E-state index contributed by atoms with van der Waals surface area (Å²) in [7, 11) is 0. The zero-order chi connectivity index (χ0) is 7.98. The van der Waals surface area contributed by atoms with E-state index in [0.29, 0.717) is 12.1 Å². The van der Waals surface area contributed by atoms with Gasteiger partial charge in [0, 0.05) is 0 Å². The molecule has 0 aromatic carbocycles. The van der Waals surface area contributed by atoms with Crippen LogP contribution < -0.4 is 5.14 Å². The minimum absolute atomic E-state index is 0.209. The van der Waals surface area contributed by atoms with Crippen molar-refractivity contribution in [2.75, 3.05) is 0 Å². The Morgan fingerprint density at radius 2 is 2.40 bits per heavy atom. The summed E-state index contributed by atoms with van der Waals surface area (Å²) in [5, 5.41) is 14.2. The van der Waals surface area contributed by atoms with Gasteiger partial charge in [-0.1, -0.05) is 6.92 Å². The largest absolute Gasteiger partial charge is 0.506 e. The monoisotopic (exact) mass is 160 g/mol. The van der Waals surface area contributed by atoms with Crippen LogP contribution in [0.25, 0.3) is 0 Å². The van der Waals surface area contributed by atoms with E-state index in [1.54, 1.807) is 13.0 Å². The van der Waals surface area contributed by atoms with Gasteiger partial charge < -0.3 is 5.11 Å². The highest BCUT2D eigenvalue weighted by Gasteiger charge is 1.99. The summed E-state index contributed by atoms with van der Waals surface area (Å²) in [6, 6.07) is 0. The van der Waals surface area contributed by atoms with E-state index < -0.39 is 0 Å². The molecule has 0 aromatic heterocycles. The molecule has 3 nitrogen and oxygen atoms in total. The number of aliphatic hydroxyl groups excluding tert-OH is 1. The molecule has 0 heterocycles. The predicted molar refractivity (Wildman–Crippen MR) is 45.9 cm³/mol. The fraction of sp³-hybridized carbons (Fsp3) is 0.500. The fourth-order valence-corrected chi connectivity index (χ4v) is 0.873. The van der Waals surface area contributed by atoms with Crippen LogP contribution >= 0.6 is 12.1 Å². The van der Waals surface area contributed by atoms with Gasteiger partial charge in [0.2, 0.25) is 0 Å². The van der Waals surface area contributed by atoms with Gasteiger partial charge in [-0.15, -0.1) is 0 Å². The van der Waals surface area contributed by atoms with Crippen LogP contribution in [0.2, 0.25) is 0 Å². The Balaban J connectivity index is 4.21. The molecule has 0 aliphatic carbocycles. The zero-order valence-electron chi connectivity index (χ0n) is 6.16. The number of allylic oxidation sites excluding steroid dienone is 2.